The first-order chi connectivity index (χ1) is 26.8. The molecule has 316 valence electrons. The number of likely N-dealkylation sites (N-methyl/N-ethyl adjacent to an activating group) is 1. The Hall–Kier alpha value is -3.57. The number of aromatic nitrogens is 2. The van der Waals surface area contributed by atoms with Crippen LogP contribution in [0.2, 0.25) is 0 Å². The van der Waals surface area contributed by atoms with E-state index in [1.165, 1.54) is 6.92 Å². The van der Waals surface area contributed by atoms with E-state index in [1.807, 2.05) is 32.8 Å². The zero-order valence-corrected chi connectivity index (χ0v) is 35.7. The normalized spacial score (nSPS) is 38.2. The molecule has 0 aromatic carbocycles. The molecular formula is C41H61N5O10S. The third-order valence-corrected chi connectivity index (χ3v) is 12.3. The molecule has 1 aliphatic carbocycles. The number of ketones is 2. The second-order valence-corrected chi connectivity index (χ2v) is 17.4. The lowest BCUT2D eigenvalue weighted by molar-refractivity contribution is -0.292. The van der Waals surface area contributed by atoms with Crippen LogP contribution in [0.3, 0.4) is 0 Å². The number of esters is 1. The highest BCUT2D eigenvalue weighted by atomic mass is 32.1. The summed E-state index contributed by atoms with van der Waals surface area (Å²) in [5.41, 5.74) is -2.16. The van der Waals surface area contributed by atoms with E-state index in [9.17, 15) is 24.3 Å². The van der Waals surface area contributed by atoms with E-state index < -0.39 is 83.4 Å². The molecule has 0 bridgehead atoms. The first-order valence-electron chi connectivity index (χ1n) is 20.2. The Morgan fingerprint density at radius 2 is 1.75 bits per heavy atom. The van der Waals surface area contributed by atoms with E-state index in [-0.39, 0.29) is 36.1 Å². The van der Waals surface area contributed by atoms with Crippen LogP contribution >= 0.6 is 12.2 Å². The van der Waals surface area contributed by atoms with Crippen LogP contribution in [0, 0.1) is 23.7 Å². The summed E-state index contributed by atoms with van der Waals surface area (Å²) in [5.74, 6) is -4.18. The zero-order valence-electron chi connectivity index (χ0n) is 34.9. The Morgan fingerprint density at radius 3 is 2.37 bits per heavy atom. The van der Waals surface area contributed by atoms with Gasteiger partial charge >= 0.3 is 12.1 Å². The minimum absolute atomic E-state index is 0.0674. The van der Waals surface area contributed by atoms with Gasteiger partial charge in [-0.1, -0.05) is 39.8 Å². The largest absolute Gasteiger partial charge is 0.459 e. The molecule has 5 rings (SSSR count). The number of hydrogen-bond donors (Lipinski definition) is 3. The van der Waals surface area contributed by atoms with Crippen molar-refractivity contribution < 1.29 is 48.0 Å². The van der Waals surface area contributed by atoms with E-state index >= 15 is 0 Å². The fourth-order valence-corrected chi connectivity index (χ4v) is 8.96. The van der Waals surface area contributed by atoms with Crippen molar-refractivity contribution in [2.24, 2.45) is 23.7 Å². The van der Waals surface area contributed by atoms with Crippen molar-refractivity contribution in [3.8, 4) is 0 Å². The SMILES string of the molecule is CC[C@H]1OC(=O)[C@H](C)C(=O)[C@H](C)C(O[C@@H]2O[C@H](C)C[C@H](N(C)C)[C@H]2O)[C@](C)(OC(=O)NC/C=C/c2cnc(C3CC3)nc2)C[C@@H](C)C(=O)[C@H](C)[C@@H]2NC(=S)O[C@]12C. The molecule has 1 aromatic rings. The monoisotopic (exact) mass is 815 g/mol. The number of nitrogens with one attached hydrogen (secondary N) is 2. The standard InChI is InChI=1S/C41H61N5O10S/c1-11-29-41(8)33(45-39(57)56-41)23(4)30(47)21(2)18-40(7,55-38(51)42-16-12-13-26-19-43-35(44-20-26)27-14-15-27)34(24(5)31(48)25(6)36(50)53-29)54-37-32(49)28(46(9)10)17-22(3)52-37/h12-13,19-25,27-29,32-34,37,49H,11,14-18H2,1-10H3,(H,42,51)(H,45,57)/b13-12+/t21-,22-,23+,24+,25-,28+,29-,32-,33+,34?,37+,40-,41-/m1/s1. The third-order valence-electron chi connectivity index (χ3n) is 12.1. The molecule has 4 heterocycles. The number of cyclic esters (lactones) is 1. The molecule has 3 N–H and O–H groups in total. The van der Waals surface area contributed by atoms with E-state index in [2.05, 4.69) is 20.6 Å². The van der Waals surface area contributed by atoms with Crippen LogP contribution in [-0.2, 0) is 38.1 Å². The summed E-state index contributed by atoms with van der Waals surface area (Å²) in [4.78, 5) is 67.2. The molecule has 4 fully saturated rings. The van der Waals surface area contributed by atoms with Crippen LogP contribution in [0.1, 0.15) is 105 Å². The molecule has 16 heteroatoms. The number of aliphatic hydroxyl groups excluding tert-OH is 1. The van der Waals surface area contributed by atoms with E-state index in [1.54, 1.807) is 59.2 Å². The molecule has 0 spiro atoms. The summed E-state index contributed by atoms with van der Waals surface area (Å²) in [5, 5.41) is 17.5. The summed E-state index contributed by atoms with van der Waals surface area (Å²) >= 11 is 5.41. The summed E-state index contributed by atoms with van der Waals surface area (Å²) in [6.45, 7) is 13.6. The van der Waals surface area contributed by atoms with Crippen LogP contribution in [0.4, 0.5) is 4.79 Å². The molecule has 4 aliphatic rings. The highest BCUT2D eigenvalue weighted by Gasteiger charge is 2.57. The number of thiocarbonyl (C=S) groups is 1. The fourth-order valence-electron chi connectivity index (χ4n) is 8.66. The predicted octanol–water partition coefficient (Wildman–Crippen LogP) is 4.10. The van der Waals surface area contributed by atoms with Gasteiger partial charge in [-0.2, -0.15) is 0 Å². The lowest BCUT2D eigenvalue weighted by Crippen LogP contribution is -2.60. The minimum Gasteiger partial charge on any atom is -0.459 e. The molecule has 1 amide bonds. The molecule has 1 saturated carbocycles. The second kappa shape index (κ2) is 18.1. The third kappa shape index (κ3) is 10.0. The number of amides is 1. The van der Waals surface area contributed by atoms with Crippen LogP contribution in [-0.4, -0.2) is 123 Å². The van der Waals surface area contributed by atoms with Crippen molar-refractivity contribution >= 4 is 47.1 Å². The number of alkyl carbamates (subject to hydrolysis) is 1. The lowest BCUT2D eigenvalue weighted by atomic mass is 9.73. The molecule has 1 aromatic heterocycles. The maximum Gasteiger partial charge on any atom is 0.408 e. The number of fused-ring (bicyclic) bond motifs is 1. The quantitative estimate of drug-likeness (QED) is 0.184. The van der Waals surface area contributed by atoms with Crippen molar-refractivity contribution in [3.05, 3.63) is 29.9 Å². The van der Waals surface area contributed by atoms with Gasteiger partial charge < -0.3 is 44.3 Å². The smallest absolute Gasteiger partial charge is 0.408 e. The Labute approximate surface area is 341 Å². The van der Waals surface area contributed by atoms with Gasteiger partial charge in [0.15, 0.2) is 17.7 Å². The number of hydrogen-bond acceptors (Lipinski definition) is 14. The van der Waals surface area contributed by atoms with E-state index in [0.717, 1.165) is 24.2 Å². The highest BCUT2D eigenvalue weighted by molar-refractivity contribution is 7.80. The van der Waals surface area contributed by atoms with E-state index in [4.69, 9.17) is 35.9 Å². The lowest BCUT2D eigenvalue weighted by Gasteiger charge is -2.47. The maximum absolute atomic E-state index is 14.5. The number of carbonyl (C=O) groups is 4. The van der Waals surface area contributed by atoms with E-state index in [0.29, 0.717) is 18.8 Å². The molecule has 3 aliphatic heterocycles. The average Bonchev–Trinajstić information content (AvgIpc) is 3.96. The van der Waals surface area contributed by atoms with Gasteiger partial charge in [0.25, 0.3) is 5.17 Å². The van der Waals surface area contributed by atoms with Crippen LogP contribution in [0.15, 0.2) is 18.5 Å². The molecule has 1 unspecified atom stereocenters. The van der Waals surface area contributed by atoms with Crippen molar-refractivity contribution in [1.29, 1.82) is 0 Å². The van der Waals surface area contributed by atoms with Crippen LogP contribution < -0.4 is 10.6 Å². The number of ether oxygens (including phenoxy) is 5. The van der Waals surface area contributed by atoms with Crippen molar-refractivity contribution in [3.63, 3.8) is 0 Å². The van der Waals surface area contributed by atoms with Gasteiger partial charge in [-0.15, -0.1) is 0 Å². The average molecular weight is 816 g/mol. The molecule has 13 atom stereocenters. The number of nitrogens with zero attached hydrogens (tertiary/aromatic N) is 3. The first-order valence-corrected chi connectivity index (χ1v) is 20.6. The van der Waals surface area contributed by atoms with Crippen LogP contribution in [0.25, 0.3) is 6.08 Å². The number of aliphatic hydroxyl groups is 1. The van der Waals surface area contributed by atoms with Gasteiger partial charge in [0.1, 0.15) is 41.4 Å². The van der Waals surface area contributed by atoms with Crippen LogP contribution in [0.5, 0.6) is 0 Å². The molecule has 3 saturated heterocycles. The van der Waals surface area contributed by atoms with Crippen molar-refractivity contribution in [2.45, 2.75) is 147 Å². The predicted molar refractivity (Wildman–Crippen MR) is 214 cm³/mol. The number of Topliss-reactive ketones (excluding diaryl/α,β-unsaturated/α-hetero) is 2. The molecule has 57 heavy (non-hydrogen) atoms. The Kier molecular flexibility index (Phi) is 14.2. The van der Waals surface area contributed by atoms with Gasteiger partial charge in [0, 0.05) is 54.2 Å². The van der Waals surface area contributed by atoms with Gasteiger partial charge in [-0.3, -0.25) is 14.4 Å². The zero-order chi connectivity index (χ0) is 42.0. The molecule has 15 nitrogen and oxygen atoms in total. The fraction of sp³-hybridized carbons (Fsp3) is 0.732. The van der Waals surface area contributed by atoms with Crippen molar-refractivity contribution in [2.75, 3.05) is 20.6 Å². The summed E-state index contributed by atoms with van der Waals surface area (Å²) < 4.78 is 31.2. The Balaban J connectivity index is 1.50. The second-order valence-electron chi connectivity index (χ2n) is 17.0. The maximum atomic E-state index is 14.5. The Morgan fingerprint density at radius 1 is 1.09 bits per heavy atom. The van der Waals surface area contributed by atoms with Gasteiger partial charge in [0.2, 0.25) is 0 Å². The van der Waals surface area contributed by atoms with Gasteiger partial charge in [0.05, 0.1) is 12.1 Å². The highest BCUT2D eigenvalue weighted by Crippen LogP contribution is 2.41. The minimum atomic E-state index is -1.70. The number of carbonyl (C=O) groups excluding carboxylic acids is 4. The summed E-state index contributed by atoms with van der Waals surface area (Å²) in [7, 11) is 3.68. The van der Waals surface area contributed by atoms with Gasteiger partial charge in [-0.05, 0) is 86.1 Å². The summed E-state index contributed by atoms with van der Waals surface area (Å²) in [6, 6.07) is -1.05. The molecule has 0 radical (unpaired) electrons. The van der Waals surface area contributed by atoms with Gasteiger partial charge in [-0.25, -0.2) is 14.8 Å². The molecular weight excluding hydrogens is 755 g/mol. The topological polar surface area (TPSA) is 188 Å². The first kappa shape index (κ1) is 44.5. The van der Waals surface area contributed by atoms with Crippen molar-refractivity contribution in [1.82, 2.24) is 25.5 Å². The Bertz CT molecular complexity index is 1670. The summed E-state index contributed by atoms with van der Waals surface area (Å²) in [6.07, 6.45) is 4.17. The number of rotatable bonds is 9.